The number of alkyl carbamates (subject to hydrolysis) is 1. The van der Waals surface area contributed by atoms with Gasteiger partial charge in [-0.3, -0.25) is 0 Å². The maximum atomic E-state index is 11.7. The summed E-state index contributed by atoms with van der Waals surface area (Å²) < 4.78 is 5.25. The van der Waals surface area contributed by atoms with E-state index in [0.29, 0.717) is 0 Å². The molecule has 2 N–H and O–H groups in total. The van der Waals surface area contributed by atoms with E-state index in [9.17, 15) is 4.79 Å². The van der Waals surface area contributed by atoms with Crippen LogP contribution in [-0.4, -0.2) is 23.8 Å². The van der Waals surface area contributed by atoms with Gasteiger partial charge in [-0.25, -0.2) is 4.79 Å². The lowest BCUT2D eigenvalue weighted by Gasteiger charge is -2.20. The molecule has 0 spiro atoms. The molecule has 0 bridgehead atoms. The van der Waals surface area contributed by atoms with Crippen molar-refractivity contribution in [3.05, 3.63) is 34.9 Å². The van der Waals surface area contributed by atoms with Crippen LogP contribution in [-0.2, 0) is 4.74 Å². The van der Waals surface area contributed by atoms with Gasteiger partial charge in [0.25, 0.3) is 0 Å². The fourth-order valence-corrected chi connectivity index (χ4v) is 2.39. The topological polar surface area (TPSA) is 50.4 Å². The van der Waals surface area contributed by atoms with E-state index >= 15 is 0 Å². The Morgan fingerprint density at radius 2 is 2.10 bits per heavy atom. The largest absolute Gasteiger partial charge is 0.444 e. The zero-order chi connectivity index (χ0) is 15.6. The summed E-state index contributed by atoms with van der Waals surface area (Å²) in [7, 11) is 0. The molecular weight excluding hydrogens is 288 g/mol. The van der Waals surface area contributed by atoms with Crippen LogP contribution in [0, 0.1) is 0 Å². The minimum atomic E-state index is -0.462. The molecule has 0 heterocycles. The van der Waals surface area contributed by atoms with Crippen molar-refractivity contribution in [2.45, 2.75) is 57.8 Å². The molecule has 1 aromatic carbocycles. The summed E-state index contributed by atoms with van der Waals surface area (Å²) >= 11 is 6.00. The zero-order valence-electron chi connectivity index (χ0n) is 12.9. The number of nitrogens with one attached hydrogen (secondary N) is 2. The molecule has 1 aliphatic rings. The van der Waals surface area contributed by atoms with E-state index in [1.54, 1.807) is 0 Å². The highest BCUT2D eigenvalue weighted by Gasteiger charge is 2.40. The maximum Gasteiger partial charge on any atom is 0.407 e. The highest BCUT2D eigenvalue weighted by molar-refractivity contribution is 6.30. The molecule has 1 aromatic rings. The Bertz CT molecular complexity index is 513. The van der Waals surface area contributed by atoms with Gasteiger partial charge in [-0.2, -0.15) is 0 Å². The standard InChI is InChI=1S/C16H23ClN2O2/c1-10(11-6-5-7-12(17)8-11)18-13-9-14(13)19-15(20)21-16(2,3)4/h5-8,10,13-14,18H,9H2,1-4H3,(H,19,20). The number of amides is 1. The Morgan fingerprint density at radius 3 is 2.71 bits per heavy atom. The number of halogens is 1. The predicted octanol–water partition coefficient (Wildman–Crippen LogP) is 3.66. The van der Waals surface area contributed by atoms with E-state index in [4.69, 9.17) is 16.3 Å². The number of hydrogen-bond donors (Lipinski definition) is 2. The zero-order valence-corrected chi connectivity index (χ0v) is 13.7. The van der Waals surface area contributed by atoms with Gasteiger partial charge >= 0.3 is 6.09 Å². The predicted molar refractivity (Wildman–Crippen MR) is 84.6 cm³/mol. The normalized spacial score (nSPS) is 22.5. The number of carbonyl (C=O) groups is 1. The first-order valence-corrected chi connectivity index (χ1v) is 7.63. The molecule has 2 rings (SSSR count). The Hall–Kier alpha value is -1.26. The fourth-order valence-electron chi connectivity index (χ4n) is 2.19. The third-order valence-electron chi connectivity index (χ3n) is 3.31. The maximum absolute atomic E-state index is 11.7. The van der Waals surface area contributed by atoms with Gasteiger partial charge in [0, 0.05) is 23.1 Å². The van der Waals surface area contributed by atoms with Crippen molar-refractivity contribution in [3.63, 3.8) is 0 Å². The van der Waals surface area contributed by atoms with Crippen molar-refractivity contribution in [2.75, 3.05) is 0 Å². The van der Waals surface area contributed by atoms with Crippen LogP contribution >= 0.6 is 11.6 Å². The van der Waals surface area contributed by atoms with E-state index in [2.05, 4.69) is 17.6 Å². The average Bonchev–Trinajstić information content (AvgIpc) is 3.04. The third-order valence-corrected chi connectivity index (χ3v) is 3.54. The quantitative estimate of drug-likeness (QED) is 0.892. The Kier molecular flexibility index (Phi) is 4.79. The molecule has 0 radical (unpaired) electrons. The molecule has 21 heavy (non-hydrogen) atoms. The first-order valence-electron chi connectivity index (χ1n) is 7.25. The smallest absolute Gasteiger partial charge is 0.407 e. The number of hydrogen-bond acceptors (Lipinski definition) is 3. The minimum Gasteiger partial charge on any atom is -0.444 e. The second kappa shape index (κ2) is 6.24. The van der Waals surface area contributed by atoms with Crippen molar-refractivity contribution >= 4 is 17.7 Å². The van der Waals surface area contributed by atoms with Gasteiger partial charge in [-0.1, -0.05) is 23.7 Å². The molecule has 0 aliphatic heterocycles. The number of carbonyl (C=O) groups excluding carboxylic acids is 1. The highest BCUT2D eigenvalue weighted by Crippen LogP contribution is 2.26. The molecule has 116 valence electrons. The molecule has 5 heteroatoms. The van der Waals surface area contributed by atoms with Crippen molar-refractivity contribution < 1.29 is 9.53 Å². The summed E-state index contributed by atoms with van der Waals surface area (Å²) in [4.78, 5) is 11.7. The summed E-state index contributed by atoms with van der Waals surface area (Å²) in [5.74, 6) is 0. The first kappa shape index (κ1) is 16.1. The van der Waals surface area contributed by atoms with Gasteiger partial charge in [0.2, 0.25) is 0 Å². The molecule has 3 unspecified atom stereocenters. The Morgan fingerprint density at radius 1 is 1.38 bits per heavy atom. The molecule has 3 atom stereocenters. The summed E-state index contributed by atoms with van der Waals surface area (Å²) in [6.07, 6.45) is 0.566. The average molecular weight is 311 g/mol. The van der Waals surface area contributed by atoms with Gasteiger partial charge in [-0.15, -0.1) is 0 Å². The monoisotopic (exact) mass is 310 g/mol. The second-order valence-electron chi connectivity index (χ2n) is 6.54. The van der Waals surface area contributed by atoms with Gasteiger partial charge in [-0.05, 0) is 51.8 Å². The second-order valence-corrected chi connectivity index (χ2v) is 6.97. The molecular formula is C16H23ClN2O2. The van der Waals surface area contributed by atoms with Crippen LogP contribution in [0.3, 0.4) is 0 Å². The van der Waals surface area contributed by atoms with Gasteiger partial charge in [0.05, 0.1) is 0 Å². The van der Waals surface area contributed by atoms with Gasteiger partial charge in [0.1, 0.15) is 5.60 Å². The summed E-state index contributed by atoms with van der Waals surface area (Å²) in [5.41, 5.74) is 0.682. The van der Waals surface area contributed by atoms with Crippen LogP contribution in [0.4, 0.5) is 4.79 Å². The van der Waals surface area contributed by atoms with Crippen LogP contribution in [0.5, 0.6) is 0 Å². The van der Waals surface area contributed by atoms with Crippen molar-refractivity contribution in [1.82, 2.24) is 10.6 Å². The molecule has 1 fully saturated rings. The summed E-state index contributed by atoms with van der Waals surface area (Å²) in [6, 6.07) is 8.42. The van der Waals surface area contributed by atoms with Crippen molar-refractivity contribution in [2.24, 2.45) is 0 Å². The molecule has 1 amide bonds. The number of ether oxygens (including phenoxy) is 1. The lowest BCUT2D eigenvalue weighted by molar-refractivity contribution is 0.0522. The van der Waals surface area contributed by atoms with E-state index in [-0.39, 0.29) is 24.2 Å². The Balaban J connectivity index is 1.78. The summed E-state index contributed by atoms with van der Waals surface area (Å²) in [5, 5.41) is 7.10. The van der Waals surface area contributed by atoms with Crippen LogP contribution in [0.1, 0.15) is 45.7 Å². The lowest BCUT2D eigenvalue weighted by atomic mass is 10.1. The number of rotatable bonds is 4. The molecule has 1 saturated carbocycles. The summed E-state index contributed by atoms with van der Waals surface area (Å²) in [6.45, 7) is 7.66. The molecule has 1 aliphatic carbocycles. The number of benzene rings is 1. The molecule has 0 aromatic heterocycles. The van der Waals surface area contributed by atoms with Crippen LogP contribution in [0.15, 0.2) is 24.3 Å². The van der Waals surface area contributed by atoms with E-state index in [0.717, 1.165) is 17.0 Å². The molecule has 0 saturated heterocycles. The Labute approximate surface area is 131 Å². The molecule has 4 nitrogen and oxygen atoms in total. The van der Waals surface area contributed by atoms with E-state index in [1.807, 2.05) is 45.0 Å². The highest BCUT2D eigenvalue weighted by atomic mass is 35.5. The van der Waals surface area contributed by atoms with Gasteiger partial charge in [0.15, 0.2) is 0 Å². The third kappa shape index (κ3) is 5.21. The van der Waals surface area contributed by atoms with Crippen LogP contribution in [0.2, 0.25) is 5.02 Å². The SMILES string of the molecule is CC(NC1CC1NC(=O)OC(C)(C)C)c1cccc(Cl)c1. The van der Waals surface area contributed by atoms with Crippen molar-refractivity contribution in [1.29, 1.82) is 0 Å². The van der Waals surface area contributed by atoms with E-state index in [1.165, 1.54) is 0 Å². The lowest BCUT2D eigenvalue weighted by Crippen LogP contribution is -2.37. The first-order chi connectivity index (χ1) is 9.74. The van der Waals surface area contributed by atoms with Crippen LogP contribution < -0.4 is 10.6 Å². The van der Waals surface area contributed by atoms with Crippen molar-refractivity contribution in [3.8, 4) is 0 Å². The van der Waals surface area contributed by atoms with Gasteiger partial charge < -0.3 is 15.4 Å². The van der Waals surface area contributed by atoms with E-state index < -0.39 is 5.60 Å². The minimum absolute atomic E-state index is 0.140. The van der Waals surface area contributed by atoms with Crippen LogP contribution in [0.25, 0.3) is 0 Å². The fraction of sp³-hybridized carbons (Fsp3) is 0.562.